The highest BCUT2D eigenvalue weighted by molar-refractivity contribution is 7.89. The van der Waals surface area contributed by atoms with Gasteiger partial charge in [-0.15, -0.1) is 0 Å². The van der Waals surface area contributed by atoms with Crippen LogP contribution in [0.2, 0.25) is 0 Å². The molecule has 0 bridgehead atoms. The second kappa shape index (κ2) is 9.02. The molecule has 0 unspecified atom stereocenters. The highest BCUT2D eigenvalue weighted by atomic mass is 32.2. The first-order valence-electron chi connectivity index (χ1n) is 8.23. The first-order chi connectivity index (χ1) is 12.3. The van der Waals surface area contributed by atoms with E-state index in [0.29, 0.717) is 6.54 Å². The van der Waals surface area contributed by atoms with E-state index in [0.717, 1.165) is 18.4 Å². The van der Waals surface area contributed by atoms with E-state index in [-0.39, 0.29) is 17.8 Å². The largest absolute Gasteiger partial charge is 0.490 e. The second-order valence-electron chi connectivity index (χ2n) is 6.43. The number of aliphatic carboxylic acids is 1. The summed E-state index contributed by atoms with van der Waals surface area (Å²) in [4.78, 5) is 11.0. The molecule has 0 spiro atoms. The Morgan fingerprint density at radius 3 is 2.33 bits per heavy atom. The maximum absolute atomic E-state index is 12.3. The average molecular weight is 414 g/mol. The van der Waals surface area contributed by atoms with Crippen molar-refractivity contribution < 1.29 is 31.5 Å². The number of aryl methyl sites for hydroxylation is 1. The standard InChI is InChI=1S/C13H24N4O2S.C2HF3O2/c1-5-20(18,19)17-7-6-12(15(2)3)13(17)8-11-9-14-16(4)10-11;3-2(4,5)1(6)7/h9-10,12-13H,5-8H2,1-4H3;(H,6,7)/t12-,13+;/m1./s1. The van der Waals surface area contributed by atoms with Gasteiger partial charge >= 0.3 is 12.1 Å². The van der Waals surface area contributed by atoms with Crippen LogP contribution in [0.1, 0.15) is 18.9 Å². The summed E-state index contributed by atoms with van der Waals surface area (Å²) in [5.74, 6) is -2.59. The summed E-state index contributed by atoms with van der Waals surface area (Å²) >= 11 is 0. The van der Waals surface area contributed by atoms with Gasteiger partial charge in [-0.25, -0.2) is 13.2 Å². The minimum absolute atomic E-state index is 0.000787. The van der Waals surface area contributed by atoms with Crippen LogP contribution >= 0.6 is 0 Å². The van der Waals surface area contributed by atoms with E-state index in [1.54, 1.807) is 15.9 Å². The number of halogens is 3. The number of aromatic nitrogens is 2. The predicted octanol–water partition coefficient (Wildman–Crippen LogP) is 0.950. The summed E-state index contributed by atoms with van der Waals surface area (Å²) in [6.07, 6.45) is 0.302. The van der Waals surface area contributed by atoms with Gasteiger partial charge in [0.2, 0.25) is 10.0 Å². The van der Waals surface area contributed by atoms with Crippen molar-refractivity contribution >= 4 is 16.0 Å². The van der Waals surface area contributed by atoms with Gasteiger partial charge < -0.3 is 10.0 Å². The summed E-state index contributed by atoms with van der Waals surface area (Å²) in [5.41, 5.74) is 1.09. The van der Waals surface area contributed by atoms with Crippen LogP contribution in [-0.4, -0.2) is 83.1 Å². The lowest BCUT2D eigenvalue weighted by molar-refractivity contribution is -0.192. The third-order valence-electron chi connectivity index (χ3n) is 4.29. The minimum Gasteiger partial charge on any atom is -0.475 e. The van der Waals surface area contributed by atoms with Crippen molar-refractivity contribution in [1.82, 2.24) is 19.0 Å². The molecule has 1 aromatic heterocycles. The topological polar surface area (TPSA) is 95.7 Å². The first-order valence-corrected chi connectivity index (χ1v) is 9.84. The molecule has 0 amide bonds. The van der Waals surface area contributed by atoms with E-state index < -0.39 is 22.2 Å². The highest BCUT2D eigenvalue weighted by Gasteiger charge is 2.41. The fourth-order valence-electron chi connectivity index (χ4n) is 2.98. The van der Waals surface area contributed by atoms with Crippen LogP contribution in [0.3, 0.4) is 0 Å². The first kappa shape index (κ1) is 23.4. The van der Waals surface area contributed by atoms with Crippen molar-refractivity contribution in [1.29, 1.82) is 0 Å². The van der Waals surface area contributed by atoms with E-state index in [4.69, 9.17) is 9.90 Å². The number of sulfonamides is 1. The fourth-order valence-corrected chi connectivity index (χ4v) is 4.32. The molecule has 2 rings (SSSR count). The molecule has 0 saturated carbocycles. The number of hydrogen-bond donors (Lipinski definition) is 1. The van der Waals surface area contributed by atoms with Gasteiger partial charge in [0.05, 0.1) is 11.9 Å². The summed E-state index contributed by atoms with van der Waals surface area (Å²) in [6.45, 7) is 2.32. The number of alkyl halides is 3. The van der Waals surface area contributed by atoms with Crippen molar-refractivity contribution in [2.45, 2.75) is 38.0 Å². The van der Waals surface area contributed by atoms with Gasteiger partial charge in [0.1, 0.15) is 0 Å². The molecule has 1 aliphatic rings. The summed E-state index contributed by atoms with van der Waals surface area (Å²) in [7, 11) is 2.76. The lowest BCUT2D eigenvalue weighted by atomic mass is 10.0. The zero-order valence-electron chi connectivity index (χ0n) is 15.6. The van der Waals surface area contributed by atoms with Crippen molar-refractivity contribution in [2.24, 2.45) is 7.05 Å². The molecular weight excluding hydrogens is 389 g/mol. The Kier molecular flexibility index (Phi) is 7.81. The molecule has 12 heteroatoms. The molecule has 8 nitrogen and oxygen atoms in total. The fraction of sp³-hybridized carbons (Fsp3) is 0.733. The molecule has 1 aromatic rings. The molecular formula is C15H25F3N4O4S. The quantitative estimate of drug-likeness (QED) is 0.771. The predicted molar refractivity (Wildman–Crippen MR) is 92.6 cm³/mol. The third kappa shape index (κ3) is 6.47. The average Bonchev–Trinajstić information content (AvgIpc) is 3.14. The molecule has 1 aliphatic heterocycles. The maximum atomic E-state index is 12.3. The lowest BCUT2D eigenvalue weighted by Gasteiger charge is -2.30. The Bertz CT molecular complexity index is 734. The van der Waals surface area contributed by atoms with E-state index in [2.05, 4.69) is 10.00 Å². The number of carboxylic acids is 1. The number of carboxylic acid groups (broad SMARTS) is 1. The number of nitrogens with zero attached hydrogens (tertiary/aromatic N) is 4. The molecule has 0 aliphatic carbocycles. The monoisotopic (exact) mass is 414 g/mol. The Labute approximate surface area is 156 Å². The SMILES string of the molecule is CCS(=O)(=O)N1CC[C@@H](N(C)C)[C@@H]1Cc1cnn(C)c1.O=C(O)C(F)(F)F. The zero-order valence-corrected chi connectivity index (χ0v) is 16.5. The Morgan fingerprint density at radius 2 is 1.96 bits per heavy atom. The Balaban J connectivity index is 0.000000445. The van der Waals surface area contributed by atoms with Crippen molar-refractivity contribution in [3.8, 4) is 0 Å². The normalized spacial score (nSPS) is 21.2. The molecule has 27 heavy (non-hydrogen) atoms. The van der Waals surface area contributed by atoms with Crippen LogP contribution in [0.25, 0.3) is 0 Å². The number of rotatable bonds is 5. The van der Waals surface area contributed by atoms with Gasteiger partial charge in [0.15, 0.2) is 0 Å². The van der Waals surface area contributed by atoms with E-state index >= 15 is 0 Å². The molecule has 2 heterocycles. The van der Waals surface area contributed by atoms with Crippen LogP contribution in [0, 0.1) is 0 Å². The highest BCUT2D eigenvalue weighted by Crippen LogP contribution is 2.27. The molecule has 0 aromatic carbocycles. The van der Waals surface area contributed by atoms with Crippen LogP contribution in [-0.2, 0) is 28.3 Å². The summed E-state index contributed by atoms with van der Waals surface area (Å²) in [6, 6.07) is 0.260. The van der Waals surface area contributed by atoms with Crippen molar-refractivity contribution in [3.63, 3.8) is 0 Å². The van der Waals surface area contributed by atoms with E-state index in [9.17, 15) is 21.6 Å². The number of hydrogen-bond acceptors (Lipinski definition) is 5. The molecule has 0 radical (unpaired) electrons. The zero-order chi connectivity index (χ0) is 21.0. The number of carbonyl (C=O) groups is 1. The van der Waals surface area contributed by atoms with Crippen LogP contribution in [0.4, 0.5) is 13.2 Å². The van der Waals surface area contributed by atoms with Crippen LogP contribution in [0.5, 0.6) is 0 Å². The van der Waals surface area contributed by atoms with Gasteiger partial charge in [-0.3, -0.25) is 4.68 Å². The van der Waals surface area contributed by atoms with Gasteiger partial charge in [-0.1, -0.05) is 0 Å². The Morgan fingerprint density at radius 1 is 1.41 bits per heavy atom. The van der Waals surface area contributed by atoms with Crippen molar-refractivity contribution in [2.75, 3.05) is 26.4 Å². The lowest BCUT2D eigenvalue weighted by Crippen LogP contribution is -2.46. The van der Waals surface area contributed by atoms with Gasteiger partial charge in [0.25, 0.3) is 0 Å². The molecule has 2 atom stereocenters. The van der Waals surface area contributed by atoms with E-state index in [1.807, 2.05) is 33.5 Å². The number of likely N-dealkylation sites (N-methyl/N-ethyl adjacent to an activating group) is 1. The summed E-state index contributed by atoms with van der Waals surface area (Å²) in [5, 5.41) is 11.3. The molecule has 1 N–H and O–H groups in total. The van der Waals surface area contributed by atoms with Crippen molar-refractivity contribution in [3.05, 3.63) is 18.0 Å². The molecule has 1 fully saturated rings. The van der Waals surface area contributed by atoms with Gasteiger partial charge in [0, 0.05) is 31.9 Å². The van der Waals surface area contributed by atoms with Crippen LogP contribution in [0.15, 0.2) is 12.4 Å². The Hall–Kier alpha value is -1.66. The summed E-state index contributed by atoms with van der Waals surface area (Å²) < 4.78 is 59.7. The minimum atomic E-state index is -5.08. The smallest absolute Gasteiger partial charge is 0.475 e. The van der Waals surface area contributed by atoms with Crippen LogP contribution < -0.4 is 0 Å². The van der Waals surface area contributed by atoms with Gasteiger partial charge in [-0.05, 0) is 39.4 Å². The molecule has 156 valence electrons. The molecule has 1 saturated heterocycles. The second-order valence-corrected chi connectivity index (χ2v) is 8.64. The maximum Gasteiger partial charge on any atom is 0.490 e. The third-order valence-corrected chi connectivity index (χ3v) is 6.19. The van der Waals surface area contributed by atoms with Gasteiger partial charge in [-0.2, -0.15) is 22.6 Å². The van der Waals surface area contributed by atoms with E-state index in [1.165, 1.54) is 0 Å².